The summed E-state index contributed by atoms with van der Waals surface area (Å²) >= 11 is 0. The van der Waals surface area contributed by atoms with Gasteiger partial charge in [-0.25, -0.2) is 4.79 Å². The van der Waals surface area contributed by atoms with Crippen molar-refractivity contribution >= 4 is 11.9 Å². The van der Waals surface area contributed by atoms with E-state index in [1.54, 1.807) is 24.3 Å². The minimum atomic E-state index is -0.564. The van der Waals surface area contributed by atoms with E-state index in [1.807, 2.05) is 13.8 Å². The van der Waals surface area contributed by atoms with Gasteiger partial charge < -0.3 is 19.3 Å². The van der Waals surface area contributed by atoms with E-state index in [2.05, 4.69) is 10.5 Å². The Morgan fingerprint density at radius 1 is 1.22 bits per heavy atom. The highest BCUT2D eigenvalue weighted by molar-refractivity contribution is 5.91. The van der Waals surface area contributed by atoms with Crippen molar-refractivity contribution in [2.24, 2.45) is 0 Å². The fourth-order valence-electron chi connectivity index (χ4n) is 1.84. The molecule has 0 saturated carbocycles. The first-order valence-electron chi connectivity index (χ1n) is 7.03. The molecule has 0 spiro atoms. The van der Waals surface area contributed by atoms with Crippen LogP contribution in [0.25, 0.3) is 0 Å². The number of aromatic nitrogens is 1. The van der Waals surface area contributed by atoms with Crippen LogP contribution in [0.5, 0.6) is 5.75 Å². The Hall–Kier alpha value is -2.83. The van der Waals surface area contributed by atoms with Gasteiger partial charge in [0.25, 0.3) is 5.91 Å². The second-order valence-corrected chi connectivity index (χ2v) is 4.87. The summed E-state index contributed by atoms with van der Waals surface area (Å²) in [5.41, 5.74) is 2.04. The number of amides is 1. The van der Waals surface area contributed by atoms with Gasteiger partial charge in [0.2, 0.25) is 0 Å². The van der Waals surface area contributed by atoms with Crippen molar-refractivity contribution in [1.29, 1.82) is 0 Å². The quantitative estimate of drug-likeness (QED) is 0.816. The summed E-state index contributed by atoms with van der Waals surface area (Å²) in [5, 5.41) is 6.23. The Labute approximate surface area is 133 Å². The fourth-order valence-corrected chi connectivity index (χ4v) is 1.84. The lowest BCUT2D eigenvalue weighted by Crippen LogP contribution is -2.25. The smallest absolute Gasteiger partial charge is 0.338 e. The average molecular weight is 318 g/mol. The number of nitrogens with one attached hydrogen (secondary N) is 1. The molecule has 2 aromatic rings. The van der Waals surface area contributed by atoms with Crippen LogP contribution < -0.4 is 10.1 Å². The summed E-state index contributed by atoms with van der Waals surface area (Å²) in [5.74, 6) is 0.397. The topological polar surface area (TPSA) is 90.7 Å². The van der Waals surface area contributed by atoms with Crippen LogP contribution in [0.2, 0.25) is 0 Å². The van der Waals surface area contributed by atoms with Crippen LogP contribution in [0.1, 0.15) is 27.4 Å². The number of likely N-dealkylation sites (N-methyl/N-ethyl adjacent to an activating group) is 1. The number of aryl methyl sites for hydroxylation is 2. The van der Waals surface area contributed by atoms with E-state index in [-0.39, 0.29) is 12.5 Å². The zero-order valence-electron chi connectivity index (χ0n) is 13.2. The molecule has 1 aromatic carbocycles. The lowest BCUT2D eigenvalue weighted by molar-refractivity contribution is -0.123. The number of nitrogens with zero attached hydrogens (tertiary/aromatic N) is 1. The molecule has 2 rings (SSSR count). The molecule has 0 aliphatic carbocycles. The third-order valence-corrected chi connectivity index (χ3v) is 3.27. The second kappa shape index (κ2) is 7.44. The van der Waals surface area contributed by atoms with E-state index >= 15 is 0 Å². The van der Waals surface area contributed by atoms with Gasteiger partial charge in [-0.3, -0.25) is 4.79 Å². The van der Waals surface area contributed by atoms with E-state index in [0.29, 0.717) is 17.9 Å². The van der Waals surface area contributed by atoms with Gasteiger partial charge in [0.15, 0.2) is 6.61 Å². The van der Waals surface area contributed by atoms with Gasteiger partial charge in [-0.05, 0) is 38.1 Å². The van der Waals surface area contributed by atoms with Crippen LogP contribution in [0.3, 0.4) is 0 Å². The minimum Gasteiger partial charge on any atom is -0.489 e. The minimum absolute atomic E-state index is 0.306. The largest absolute Gasteiger partial charge is 0.489 e. The fraction of sp³-hybridized carbons (Fsp3) is 0.312. The van der Waals surface area contributed by atoms with Crippen LogP contribution in [0.15, 0.2) is 28.8 Å². The van der Waals surface area contributed by atoms with Crippen molar-refractivity contribution < 1.29 is 23.6 Å². The highest BCUT2D eigenvalue weighted by atomic mass is 16.5. The van der Waals surface area contributed by atoms with Crippen molar-refractivity contribution in [2.45, 2.75) is 20.5 Å². The van der Waals surface area contributed by atoms with Gasteiger partial charge >= 0.3 is 5.97 Å². The molecule has 1 heterocycles. The van der Waals surface area contributed by atoms with E-state index in [0.717, 1.165) is 17.0 Å². The Bertz CT molecular complexity index is 671. The predicted octanol–water partition coefficient (Wildman–Crippen LogP) is 1.77. The summed E-state index contributed by atoms with van der Waals surface area (Å²) in [4.78, 5) is 22.8. The SMILES string of the molecule is CNC(=O)COC(=O)c1ccc(OCc2c(C)noc2C)cc1. The van der Waals surface area contributed by atoms with Crippen molar-refractivity contribution in [1.82, 2.24) is 10.5 Å². The van der Waals surface area contributed by atoms with Crippen molar-refractivity contribution in [3.8, 4) is 5.75 Å². The highest BCUT2D eigenvalue weighted by Crippen LogP contribution is 2.18. The van der Waals surface area contributed by atoms with E-state index in [4.69, 9.17) is 14.0 Å². The van der Waals surface area contributed by atoms with Crippen LogP contribution in [0, 0.1) is 13.8 Å². The zero-order chi connectivity index (χ0) is 16.8. The summed E-state index contributed by atoms with van der Waals surface area (Å²) in [6, 6.07) is 6.48. The van der Waals surface area contributed by atoms with Gasteiger partial charge in [0.05, 0.1) is 16.8 Å². The van der Waals surface area contributed by atoms with Crippen molar-refractivity contribution in [3.05, 3.63) is 46.8 Å². The average Bonchev–Trinajstić information content (AvgIpc) is 2.89. The maximum Gasteiger partial charge on any atom is 0.338 e. The third kappa shape index (κ3) is 4.32. The van der Waals surface area contributed by atoms with Gasteiger partial charge in [-0.1, -0.05) is 5.16 Å². The highest BCUT2D eigenvalue weighted by Gasteiger charge is 2.11. The van der Waals surface area contributed by atoms with Crippen LogP contribution in [-0.4, -0.2) is 30.7 Å². The molecule has 23 heavy (non-hydrogen) atoms. The summed E-state index contributed by atoms with van der Waals surface area (Å²) in [6.45, 7) is 3.70. The molecule has 0 bridgehead atoms. The lowest BCUT2D eigenvalue weighted by atomic mass is 10.2. The maximum atomic E-state index is 11.7. The molecule has 0 unspecified atom stereocenters. The molecule has 0 fully saturated rings. The zero-order valence-corrected chi connectivity index (χ0v) is 13.2. The van der Waals surface area contributed by atoms with E-state index in [1.165, 1.54) is 7.05 Å². The number of hydrogen-bond donors (Lipinski definition) is 1. The number of ether oxygens (including phenoxy) is 2. The number of carbonyl (C=O) groups excluding carboxylic acids is 2. The molecule has 0 atom stereocenters. The summed E-state index contributed by atoms with van der Waals surface area (Å²) in [6.07, 6.45) is 0. The van der Waals surface area contributed by atoms with Gasteiger partial charge in [0, 0.05) is 7.05 Å². The molecule has 1 N–H and O–H groups in total. The molecule has 122 valence electrons. The van der Waals surface area contributed by atoms with Gasteiger partial charge in [-0.2, -0.15) is 0 Å². The molecule has 7 heteroatoms. The number of esters is 1. The normalized spacial score (nSPS) is 10.2. The van der Waals surface area contributed by atoms with Crippen molar-refractivity contribution in [3.63, 3.8) is 0 Å². The molecule has 7 nitrogen and oxygen atoms in total. The molecule has 1 amide bonds. The summed E-state index contributed by atoms with van der Waals surface area (Å²) in [7, 11) is 1.47. The Balaban J connectivity index is 1.91. The van der Waals surface area contributed by atoms with E-state index < -0.39 is 5.97 Å². The van der Waals surface area contributed by atoms with E-state index in [9.17, 15) is 9.59 Å². The van der Waals surface area contributed by atoms with Crippen LogP contribution in [0.4, 0.5) is 0 Å². The maximum absolute atomic E-state index is 11.7. The molecule has 0 radical (unpaired) electrons. The second-order valence-electron chi connectivity index (χ2n) is 4.87. The number of rotatable bonds is 6. The first kappa shape index (κ1) is 16.5. The van der Waals surface area contributed by atoms with Crippen molar-refractivity contribution in [2.75, 3.05) is 13.7 Å². The Morgan fingerprint density at radius 2 is 1.91 bits per heavy atom. The molecule has 0 saturated heterocycles. The first-order chi connectivity index (χ1) is 11.0. The standard InChI is InChI=1S/C16H18N2O5/c1-10-14(11(2)23-18-10)8-21-13-6-4-12(5-7-13)16(20)22-9-15(19)17-3/h4-7H,8-9H2,1-3H3,(H,17,19). The Morgan fingerprint density at radius 3 is 2.48 bits per heavy atom. The third-order valence-electron chi connectivity index (χ3n) is 3.27. The monoisotopic (exact) mass is 318 g/mol. The van der Waals surface area contributed by atoms with Crippen LogP contribution >= 0.6 is 0 Å². The van der Waals surface area contributed by atoms with Crippen LogP contribution in [-0.2, 0) is 16.1 Å². The lowest BCUT2D eigenvalue weighted by Gasteiger charge is -2.07. The summed E-state index contributed by atoms with van der Waals surface area (Å²) < 4.78 is 15.6. The number of hydrogen-bond acceptors (Lipinski definition) is 6. The molecule has 0 aliphatic rings. The Kier molecular flexibility index (Phi) is 5.35. The number of carbonyl (C=O) groups is 2. The molecule has 0 aliphatic heterocycles. The number of benzene rings is 1. The molecular weight excluding hydrogens is 300 g/mol. The van der Waals surface area contributed by atoms with Gasteiger partial charge in [-0.15, -0.1) is 0 Å². The first-order valence-corrected chi connectivity index (χ1v) is 7.03. The molecule has 1 aromatic heterocycles. The van der Waals surface area contributed by atoms with Gasteiger partial charge in [0.1, 0.15) is 18.1 Å². The molecular formula is C16H18N2O5. The predicted molar refractivity (Wildman–Crippen MR) is 81.1 cm³/mol.